The van der Waals surface area contributed by atoms with Gasteiger partial charge in [0.15, 0.2) is 0 Å². The van der Waals surface area contributed by atoms with Gasteiger partial charge >= 0.3 is 5.97 Å². The smallest absolute Gasteiger partial charge is 0.309 e. The molecule has 1 aliphatic heterocycles. The predicted molar refractivity (Wildman–Crippen MR) is 68.9 cm³/mol. The number of carbonyl (C=O) groups is 2. The molecule has 1 aromatic rings. The van der Waals surface area contributed by atoms with E-state index in [4.69, 9.17) is 4.74 Å². The van der Waals surface area contributed by atoms with Gasteiger partial charge in [-0.1, -0.05) is 12.1 Å². The number of rotatable bonds is 3. The lowest BCUT2D eigenvalue weighted by Gasteiger charge is -2.26. The lowest BCUT2D eigenvalue weighted by Crippen LogP contribution is -2.31. The van der Waals surface area contributed by atoms with Gasteiger partial charge in [-0.05, 0) is 24.1 Å². The monoisotopic (exact) mass is 263 g/mol. The van der Waals surface area contributed by atoms with Crippen LogP contribution in [0.4, 0.5) is 0 Å². The Hall–Kier alpha value is -2.04. The summed E-state index contributed by atoms with van der Waals surface area (Å²) in [7, 11) is 1.56. The molecule has 1 saturated heterocycles. The maximum atomic E-state index is 11.7. The van der Waals surface area contributed by atoms with Crippen molar-refractivity contribution < 1.29 is 19.4 Å². The molecule has 102 valence electrons. The van der Waals surface area contributed by atoms with E-state index in [1.165, 1.54) is 6.92 Å². The lowest BCUT2D eigenvalue weighted by molar-refractivity contribution is -0.143. The van der Waals surface area contributed by atoms with Crippen LogP contribution in [0.25, 0.3) is 0 Å². The number of carboxylic acids is 1. The Labute approximate surface area is 111 Å². The number of likely N-dealkylation sites (tertiary alicyclic amines) is 1. The number of carbonyl (C=O) groups excluding carboxylic acids is 1. The van der Waals surface area contributed by atoms with Crippen LogP contribution in [0.5, 0.6) is 5.75 Å². The van der Waals surface area contributed by atoms with Gasteiger partial charge < -0.3 is 14.7 Å². The highest BCUT2D eigenvalue weighted by molar-refractivity contribution is 5.78. The first-order valence-electron chi connectivity index (χ1n) is 6.18. The van der Waals surface area contributed by atoms with Crippen molar-refractivity contribution in [3.8, 4) is 5.75 Å². The van der Waals surface area contributed by atoms with E-state index in [1.54, 1.807) is 24.1 Å². The van der Waals surface area contributed by atoms with Crippen molar-refractivity contribution in [3.05, 3.63) is 29.8 Å². The zero-order chi connectivity index (χ0) is 14.0. The van der Waals surface area contributed by atoms with Crippen LogP contribution >= 0.6 is 0 Å². The first-order chi connectivity index (χ1) is 9.04. The van der Waals surface area contributed by atoms with Crippen molar-refractivity contribution in [2.45, 2.75) is 19.4 Å². The SMILES string of the molecule is COc1cccc(C2C(C(=O)O)CCN2C(C)=O)c1. The molecular weight excluding hydrogens is 246 g/mol. The highest BCUT2D eigenvalue weighted by Crippen LogP contribution is 2.38. The molecule has 0 aliphatic carbocycles. The van der Waals surface area contributed by atoms with Gasteiger partial charge in [-0.2, -0.15) is 0 Å². The third kappa shape index (κ3) is 2.54. The summed E-state index contributed by atoms with van der Waals surface area (Å²) in [5.74, 6) is -0.860. The minimum atomic E-state index is -0.864. The molecule has 1 amide bonds. The first kappa shape index (κ1) is 13.4. The van der Waals surface area contributed by atoms with Gasteiger partial charge in [0.25, 0.3) is 0 Å². The van der Waals surface area contributed by atoms with Gasteiger partial charge in [0, 0.05) is 13.5 Å². The van der Waals surface area contributed by atoms with Crippen molar-refractivity contribution in [1.82, 2.24) is 4.90 Å². The van der Waals surface area contributed by atoms with Gasteiger partial charge in [0.05, 0.1) is 19.1 Å². The number of hydrogen-bond acceptors (Lipinski definition) is 3. The van der Waals surface area contributed by atoms with E-state index in [9.17, 15) is 14.7 Å². The fourth-order valence-electron chi connectivity index (χ4n) is 2.64. The zero-order valence-corrected chi connectivity index (χ0v) is 11.0. The number of carboxylic acid groups (broad SMARTS) is 1. The molecule has 2 rings (SSSR count). The van der Waals surface area contributed by atoms with E-state index in [0.717, 1.165) is 5.56 Å². The van der Waals surface area contributed by atoms with E-state index in [0.29, 0.717) is 18.7 Å². The summed E-state index contributed by atoms with van der Waals surface area (Å²) in [5, 5.41) is 9.30. The van der Waals surface area contributed by atoms with Crippen LogP contribution in [0, 0.1) is 5.92 Å². The number of nitrogens with zero attached hydrogens (tertiary/aromatic N) is 1. The van der Waals surface area contributed by atoms with Gasteiger partial charge in [-0.15, -0.1) is 0 Å². The maximum Gasteiger partial charge on any atom is 0.309 e. The number of benzene rings is 1. The quantitative estimate of drug-likeness (QED) is 0.901. The van der Waals surface area contributed by atoms with E-state index < -0.39 is 17.9 Å². The van der Waals surface area contributed by atoms with Crippen LogP contribution in [0.1, 0.15) is 24.9 Å². The second kappa shape index (κ2) is 5.30. The molecule has 0 aromatic heterocycles. The third-order valence-electron chi connectivity index (χ3n) is 3.55. The number of aliphatic carboxylic acids is 1. The molecule has 0 bridgehead atoms. The summed E-state index contributed by atoms with van der Waals surface area (Å²) in [4.78, 5) is 24.6. The van der Waals surface area contributed by atoms with Crippen LogP contribution in [0.2, 0.25) is 0 Å². The molecule has 1 fully saturated rings. The Morgan fingerprint density at radius 3 is 2.74 bits per heavy atom. The molecule has 0 radical (unpaired) electrons. The second-order valence-corrected chi connectivity index (χ2v) is 4.67. The largest absolute Gasteiger partial charge is 0.497 e. The van der Waals surface area contributed by atoms with Crippen LogP contribution < -0.4 is 4.74 Å². The summed E-state index contributed by atoms with van der Waals surface area (Å²) in [6, 6.07) is 6.83. The molecule has 2 atom stereocenters. The molecule has 1 aliphatic rings. The molecule has 1 N–H and O–H groups in total. The molecule has 5 heteroatoms. The van der Waals surface area contributed by atoms with Gasteiger partial charge in [0.2, 0.25) is 5.91 Å². The predicted octanol–water partition coefficient (Wildman–Crippen LogP) is 1.69. The average molecular weight is 263 g/mol. The molecule has 2 unspecified atom stereocenters. The Kier molecular flexibility index (Phi) is 3.74. The lowest BCUT2D eigenvalue weighted by atomic mass is 9.93. The van der Waals surface area contributed by atoms with E-state index >= 15 is 0 Å². The first-order valence-corrected chi connectivity index (χ1v) is 6.18. The topological polar surface area (TPSA) is 66.8 Å². The Morgan fingerprint density at radius 2 is 2.16 bits per heavy atom. The Balaban J connectivity index is 2.40. The number of ether oxygens (including phenoxy) is 1. The summed E-state index contributed by atoms with van der Waals surface area (Å²) < 4.78 is 5.15. The average Bonchev–Trinajstić information content (AvgIpc) is 2.83. The minimum Gasteiger partial charge on any atom is -0.497 e. The molecule has 0 spiro atoms. The molecule has 5 nitrogen and oxygen atoms in total. The number of hydrogen-bond donors (Lipinski definition) is 1. The molecule has 1 aromatic carbocycles. The van der Waals surface area contributed by atoms with Gasteiger partial charge in [0.1, 0.15) is 5.75 Å². The van der Waals surface area contributed by atoms with Crippen LogP contribution in [0.3, 0.4) is 0 Å². The molecule has 19 heavy (non-hydrogen) atoms. The Morgan fingerprint density at radius 1 is 1.42 bits per heavy atom. The molecular formula is C14H17NO4. The zero-order valence-electron chi connectivity index (χ0n) is 11.0. The summed E-state index contributed by atoms with van der Waals surface area (Å²) in [5.41, 5.74) is 0.805. The summed E-state index contributed by atoms with van der Waals surface area (Å²) in [6.07, 6.45) is 0.483. The normalized spacial score (nSPS) is 22.3. The van der Waals surface area contributed by atoms with E-state index in [2.05, 4.69) is 0 Å². The van der Waals surface area contributed by atoms with Gasteiger partial charge in [-0.25, -0.2) is 0 Å². The second-order valence-electron chi connectivity index (χ2n) is 4.67. The maximum absolute atomic E-state index is 11.7. The van der Waals surface area contributed by atoms with Crippen molar-refractivity contribution in [1.29, 1.82) is 0 Å². The fraction of sp³-hybridized carbons (Fsp3) is 0.429. The summed E-state index contributed by atoms with van der Waals surface area (Å²) in [6.45, 7) is 1.95. The van der Waals surface area contributed by atoms with E-state index in [1.807, 2.05) is 12.1 Å². The fourth-order valence-corrected chi connectivity index (χ4v) is 2.64. The van der Waals surface area contributed by atoms with Crippen molar-refractivity contribution in [2.24, 2.45) is 5.92 Å². The third-order valence-corrected chi connectivity index (χ3v) is 3.55. The van der Waals surface area contributed by atoms with Gasteiger partial charge in [-0.3, -0.25) is 9.59 Å². The summed E-state index contributed by atoms with van der Waals surface area (Å²) >= 11 is 0. The number of methoxy groups -OCH3 is 1. The van der Waals surface area contributed by atoms with Crippen LogP contribution in [-0.4, -0.2) is 35.5 Å². The highest BCUT2D eigenvalue weighted by Gasteiger charge is 2.41. The number of amides is 1. The van der Waals surface area contributed by atoms with Crippen molar-refractivity contribution in [2.75, 3.05) is 13.7 Å². The minimum absolute atomic E-state index is 0.100. The van der Waals surface area contributed by atoms with Crippen LogP contribution in [0.15, 0.2) is 24.3 Å². The van der Waals surface area contributed by atoms with Crippen LogP contribution in [-0.2, 0) is 9.59 Å². The van der Waals surface area contributed by atoms with Crippen molar-refractivity contribution >= 4 is 11.9 Å². The molecule has 0 saturated carbocycles. The standard InChI is InChI=1S/C14H17NO4/c1-9(16)15-7-6-12(14(17)18)13(15)10-4-3-5-11(8-10)19-2/h3-5,8,12-13H,6-7H2,1-2H3,(H,17,18). The Bertz CT molecular complexity index is 478. The van der Waals surface area contributed by atoms with E-state index in [-0.39, 0.29) is 5.91 Å². The highest BCUT2D eigenvalue weighted by atomic mass is 16.5. The van der Waals surface area contributed by atoms with Crippen molar-refractivity contribution in [3.63, 3.8) is 0 Å². The molecule has 1 heterocycles.